The molecule has 2 aromatic carbocycles. The molecule has 2 heterocycles. The monoisotopic (exact) mass is 398 g/mol. The number of thioether (sulfide) groups is 1. The van der Waals surface area contributed by atoms with Crippen LogP contribution < -0.4 is 0 Å². The fourth-order valence-electron chi connectivity index (χ4n) is 3.17. The van der Waals surface area contributed by atoms with Crippen molar-refractivity contribution in [3.8, 4) is 11.3 Å². The van der Waals surface area contributed by atoms with Gasteiger partial charge in [-0.25, -0.2) is 4.98 Å². The van der Waals surface area contributed by atoms with Gasteiger partial charge in [-0.1, -0.05) is 65.8 Å². The normalized spacial score (nSPS) is 19.3. The number of hydrogen-bond acceptors (Lipinski definition) is 4. The Morgan fingerprint density at radius 1 is 1.19 bits per heavy atom. The standard InChI is InChI=1S/C21H19ClN2O2S/c1-14-11-19(20(25)26-14)27-21-23-12-18(16-7-9-17(22)10-8-16)24(21)13-15-5-3-2-4-6-15/h2-10,12,14,19H,11,13H2,1H3/t14-,19+/m1/s1. The second-order valence-electron chi connectivity index (χ2n) is 6.59. The Labute approximate surface area is 167 Å². The van der Waals surface area contributed by atoms with Gasteiger partial charge in [0.05, 0.1) is 18.4 Å². The molecule has 0 saturated carbocycles. The van der Waals surface area contributed by atoms with Gasteiger partial charge in [0, 0.05) is 11.4 Å². The molecule has 1 saturated heterocycles. The first-order chi connectivity index (χ1) is 13.1. The summed E-state index contributed by atoms with van der Waals surface area (Å²) in [5.41, 5.74) is 3.21. The number of imidazole rings is 1. The SMILES string of the molecule is C[C@@H]1C[C@H](Sc2ncc(-c3ccc(Cl)cc3)n2Cc2ccccc2)C(=O)O1. The van der Waals surface area contributed by atoms with Crippen LogP contribution in [0.15, 0.2) is 66.0 Å². The Morgan fingerprint density at radius 2 is 1.93 bits per heavy atom. The van der Waals surface area contributed by atoms with Crippen LogP contribution >= 0.6 is 23.4 Å². The highest BCUT2D eigenvalue weighted by atomic mass is 35.5. The second kappa shape index (κ2) is 7.79. The average Bonchev–Trinajstić information content (AvgIpc) is 3.20. The first kappa shape index (κ1) is 18.1. The largest absolute Gasteiger partial charge is 0.462 e. The maximum atomic E-state index is 12.1. The average molecular weight is 399 g/mol. The van der Waals surface area contributed by atoms with Gasteiger partial charge in [0.2, 0.25) is 0 Å². The zero-order valence-corrected chi connectivity index (χ0v) is 16.4. The van der Waals surface area contributed by atoms with Crippen LogP contribution in [0.2, 0.25) is 5.02 Å². The van der Waals surface area contributed by atoms with Gasteiger partial charge in [-0.3, -0.25) is 4.79 Å². The van der Waals surface area contributed by atoms with Crippen LogP contribution in [0.3, 0.4) is 0 Å². The number of benzene rings is 2. The highest BCUT2D eigenvalue weighted by molar-refractivity contribution is 8.00. The molecule has 1 aromatic heterocycles. The molecular weight excluding hydrogens is 380 g/mol. The fourth-order valence-corrected chi connectivity index (χ4v) is 4.47. The zero-order valence-electron chi connectivity index (χ0n) is 14.8. The van der Waals surface area contributed by atoms with E-state index in [1.54, 1.807) is 0 Å². The quantitative estimate of drug-likeness (QED) is 0.564. The Morgan fingerprint density at radius 3 is 2.59 bits per heavy atom. The van der Waals surface area contributed by atoms with E-state index in [0.29, 0.717) is 18.0 Å². The molecule has 0 aliphatic carbocycles. The molecule has 0 amide bonds. The molecule has 138 valence electrons. The topological polar surface area (TPSA) is 44.1 Å². The van der Waals surface area contributed by atoms with Gasteiger partial charge >= 0.3 is 5.97 Å². The van der Waals surface area contributed by atoms with Crippen molar-refractivity contribution >= 4 is 29.3 Å². The number of carbonyl (C=O) groups is 1. The van der Waals surface area contributed by atoms with Crippen molar-refractivity contribution in [2.75, 3.05) is 0 Å². The summed E-state index contributed by atoms with van der Waals surface area (Å²) in [4.78, 5) is 16.7. The molecular formula is C21H19ClN2O2S. The third-order valence-electron chi connectivity index (χ3n) is 4.52. The summed E-state index contributed by atoms with van der Waals surface area (Å²) in [6.07, 6.45) is 2.53. The molecule has 0 unspecified atom stereocenters. The minimum absolute atomic E-state index is 0.0386. The van der Waals surface area contributed by atoms with Gasteiger partial charge in [-0.05, 0) is 30.2 Å². The van der Waals surface area contributed by atoms with E-state index in [-0.39, 0.29) is 17.3 Å². The molecule has 4 rings (SSSR count). The molecule has 2 atom stereocenters. The maximum Gasteiger partial charge on any atom is 0.319 e. The minimum atomic E-state index is -0.213. The van der Waals surface area contributed by atoms with Gasteiger partial charge in [0.1, 0.15) is 11.4 Å². The lowest BCUT2D eigenvalue weighted by Crippen LogP contribution is -2.12. The molecule has 1 fully saturated rings. The van der Waals surface area contributed by atoms with Crippen LogP contribution in [0.25, 0.3) is 11.3 Å². The Hall–Kier alpha value is -2.24. The molecule has 1 aliphatic rings. The smallest absolute Gasteiger partial charge is 0.319 e. The summed E-state index contributed by atoms with van der Waals surface area (Å²) in [6, 6.07) is 18.0. The number of halogens is 1. The van der Waals surface area contributed by atoms with Crippen LogP contribution in [0.5, 0.6) is 0 Å². The second-order valence-corrected chi connectivity index (χ2v) is 8.20. The summed E-state index contributed by atoms with van der Waals surface area (Å²) >= 11 is 7.52. The lowest BCUT2D eigenvalue weighted by atomic mass is 10.1. The molecule has 0 spiro atoms. The van der Waals surface area contributed by atoms with Crippen LogP contribution in [0.4, 0.5) is 0 Å². The molecule has 3 aromatic rings. The van der Waals surface area contributed by atoms with Gasteiger partial charge in [-0.2, -0.15) is 0 Å². The predicted molar refractivity (Wildman–Crippen MR) is 108 cm³/mol. The highest BCUT2D eigenvalue weighted by Gasteiger charge is 2.34. The van der Waals surface area contributed by atoms with Crippen molar-refractivity contribution < 1.29 is 9.53 Å². The number of cyclic esters (lactones) is 1. The van der Waals surface area contributed by atoms with E-state index in [1.807, 2.05) is 55.6 Å². The van der Waals surface area contributed by atoms with Crippen molar-refractivity contribution in [3.63, 3.8) is 0 Å². The van der Waals surface area contributed by atoms with Gasteiger partial charge in [0.15, 0.2) is 5.16 Å². The fraction of sp³-hybridized carbons (Fsp3) is 0.238. The number of nitrogens with zero attached hydrogens (tertiary/aromatic N) is 2. The number of esters is 1. The minimum Gasteiger partial charge on any atom is -0.462 e. The van der Waals surface area contributed by atoms with Crippen LogP contribution in [-0.2, 0) is 16.1 Å². The van der Waals surface area contributed by atoms with E-state index in [0.717, 1.165) is 16.4 Å². The number of ether oxygens (including phenoxy) is 1. The van der Waals surface area contributed by atoms with Crippen molar-refractivity contribution in [1.82, 2.24) is 9.55 Å². The van der Waals surface area contributed by atoms with E-state index in [1.165, 1.54) is 17.3 Å². The molecule has 1 aliphatic heterocycles. The number of hydrogen-bond donors (Lipinski definition) is 0. The lowest BCUT2D eigenvalue weighted by molar-refractivity contribution is -0.140. The highest BCUT2D eigenvalue weighted by Crippen LogP contribution is 2.34. The summed E-state index contributed by atoms with van der Waals surface area (Å²) in [7, 11) is 0. The molecule has 27 heavy (non-hydrogen) atoms. The Bertz CT molecular complexity index is 941. The van der Waals surface area contributed by atoms with E-state index in [2.05, 4.69) is 21.7 Å². The summed E-state index contributed by atoms with van der Waals surface area (Å²) in [5, 5.41) is 1.31. The third kappa shape index (κ3) is 4.04. The Balaban J connectivity index is 1.70. The number of rotatable bonds is 5. The Kier molecular flexibility index (Phi) is 5.23. The molecule has 0 radical (unpaired) electrons. The van der Waals surface area contributed by atoms with Crippen molar-refractivity contribution in [2.24, 2.45) is 0 Å². The van der Waals surface area contributed by atoms with Gasteiger partial charge in [-0.15, -0.1) is 0 Å². The third-order valence-corrected chi connectivity index (χ3v) is 5.97. The van der Waals surface area contributed by atoms with Crippen molar-refractivity contribution in [2.45, 2.75) is 36.4 Å². The van der Waals surface area contributed by atoms with E-state index in [4.69, 9.17) is 16.3 Å². The number of carbonyl (C=O) groups excluding carboxylic acids is 1. The maximum absolute atomic E-state index is 12.1. The van der Waals surface area contributed by atoms with Crippen LogP contribution in [0.1, 0.15) is 18.9 Å². The molecule has 0 N–H and O–H groups in total. The van der Waals surface area contributed by atoms with E-state index < -0.39 is 0 Å². The molecule has 0 bridgehead atoms. The zero-order chi connectivity index (χ0) is 18.8. The van der Waals surface area contributed by atoms with Crippen molar-refractivity contribution in [3.05, 3.63) is 71.4 Å². The van der Waals surface area contributed by atoms with Crippen LogP contribution in [0, 0.1) is 0 Å². The van der Waals surface area contributed by atoms with Gasteiger partial charge in [0.25, 0.3) is 0 Å². The molecule has 6 heteroatoms. The first-order valence-corrected chi connectivity index (χ1v) is 10.1. The predicted octanol–water partition coefficient (Wildman–Crippen LogP) is 5.05. The summed E-state index contributed by atoms with van der Waals surface area (Å²) in [5.74, 6) is -0.158. The first-order valence-electron chi connectivity index (χ1n) is 8.82. The summed E-state index contributed by atoms with van der Waals surface area (Å²) < 4.78 is 7.45. The van der Waals surface area contributed by atoms with Crippen LogP contribution in [-0.4, -0.2) is 26.9 Å². The van der Waals surface area contributed by atoms with Crippen molar-refractivity contribution in [1.29, 1.82) is 0 Å². The summed E-state index contributed by atoms with van der Waals surface area (Å²) in [6.45, 7) is 2.60. The van der Waals surface area contributed by atoms with Gasteiger partial charge < -0.3 is 9.30 Å². The number of aromatic nitrogens is 2. The lowest BCUT2D eigenvalue weighted by Gasteiger charge is -2.13. The van der Waals surface area contributed by atoms with E-state index >= 15 is 0 Å². The van der Waals surface area contributed by atoms with E-state index in [9.17, 15) is 4.79 Å². The molecule has 4 nitrogen and oxygen atoms in total.